The first-order valence-electron chi connectivity index (χ1n) is 5.53. The second-order valence-electron chi connectivity index (χ2n) is 3.63. The minimum absolute atomic E-state index is 0.00428. The molecule has 0 aliphatic rings. The summed E-state index contributed by atoms with van der Waals surface area (Å²) in [6.45, 7) is 1.47. The monoisotopic (exact) mass is 286 g/mol. The van der Waals surface area contributed by atoms with Gasteiger partial charge in [-0.2, -0.15) is 18.3 Å². The average molecular weight is 286 g/mol. The second kappa shape index (κ2) is 5.27. The first kappa shape index (κ1) is 14.0. The molecule has 0 saturated heterocycles. The van der Waals surface area contributed by atoms with Gasteiger partial charge in [-0.05, 0) is 6.92 Å². The Morgan fingerprint density at radius 3 is 2.50 bits per heavy atom. The van der Waals surface area contributed by atoms with Crippen LogP contribution in [0.4, 0.5) is 13.2 Å². The van der Waals surface area contributed by atoms with Gasteiger partial charge < -0.3 is 4.74 Å². The van der Waals surface area contributed by atoms with Gasteiger partial charge in [0.25, 0.3) is 0 Å². The van der Waals surface area contributed by atoms with Crippen LogP contribution in [0.5, 0.6) is 0 Å². The van der Waals surface area contributed by atoms with Crippen LogP contribution in [0.25, 0.3) is 5.69 Å². The second-order valence-corrected chi connectivity index (χ2v) is 3.63. The number of carbonyl (C=O) groups excluding carboxylic acids is 1. The summed E-state index contributed by atoms with van der Waals surface area (Å²) >= 11 is 0. The van der Waals surface area contributed by atoms with Crippen LogP contribution in [0.15, 0.2) is 24.9 Å². The summed E-state index contributed by atoms with van der Waals surface area (Å²) in [5, 5.41) is 3.57. The summed E-state index contributed by atoms with van der Waals surface area (Å²) in [6.07, 6.45) is -0.469. The van der Waals surface area contributed by atoms with E-state index in [2.05, 4.69) is 19.8 Å². The van der Waals surface area contributed by atoms with Crippen LogP contribution in [-0.2, 0) is 10.9 Å². The number of hydrogen-bond acceptors (Lipinski definition) is 5. The number of ether oxygens (including phenoxy) is 1. The predicted molar refractivity (Wildman–Crippen MR) is 60.1 cm³/mol. The summed E-state index contributed by atoms with van der Waals surface area (Å²) in [5.74, 6) is -1.08. The average Bonchev–Trinajstić information content (AvgIpc) is 2.84. The number of alkyl halides is 3. The molecule has 0 amide bonds. The highest BCUT2D eigenvalue weighted by Crippen LogP contribution is 2.33. The lowest BCUT2D eigenvalue weighted by atomic mass is 10.2. The molecule has 0 spiro atoms. The van der Waals surface area contributed by atoms with E-state index in [-0.39, 0.29) is 12.3 Å². The van der Waals surface area contributed by atoms with Gasteiger partial charge in [0.05, 0.1) is 25.2 Å². The van der Waals surface area contributed by atoms with Gasteiger partial charge in [-0.1, -0.05) is 0 Å². The Bertz CT molecular complexity index is 610. The van der Waals surface area contributed by atoms with Crippen LogP contribution in [0.2, 0.25) is 0 Å². The lowest BCUT2D eigenvalue weighted by Crippen LogP contribution is -2.18. The van der Waals surface area contributed by atoms with Crippen molar-refractivity contribution in [1.29, 1.82) is 0 Å². The van der Waals surface area contributed by atoms with Crippen LogP contribution >= 0.6 is 0 Å². The summed E-state index contributed by atoms with van der Waals surface area (Å²) < 4.78 is 44.5. The molecule has 9 heteroatoms. The molecule has 0 N–H and O–H groups in total. The zero-order valence-corrected chi connectivity index (χ0v) is 10.3. The Hall–Kier alpha value is -2.45. The summed E-state index contributed by atoms with van der Waals surface area (Å²) in [5.41, 5.74) is -1.87. The van der Waals surface area contributed by atoms with E-state index in [9.17, 15) is 18.0 Å². The lowest BCUT2D eigenvalue weighted by Gasteiger charge is -2.11. The topological polar surface area (TPSA) is 69.9 Å². The number of nitrogens with zero attached hydrogens (tertiary/aromatic N) is 4. The SMILES string of the molecule is CCOC(=O)c1cnn(-c2cncnc2)c1C(F)(F)F. The van der Waals surface area contributed by atoms with Crippen molar-refractivity contribution < 1.29 is 22.7 Å². The van der Waals surface area contributed by atoms with Gasteiger partial charge in [0.1, 0.15) is 17.6 Å². The van der Waals surface area contributed by atoms with E-state index in [0.717, 1.165) is 18.6 Å². The molecule has 0 bridgehead atoms. The number of rotatable bonds is 3. The van der Waals surface area contributed by atoms with E-state index in [1.165, 1.54) is 13.3 Å². The molecule has 20 heavy (non-hydrogen) atoms. The number of halogens is 3. The largest absolute Gasteiger partial charge is 0.462 e. The Morgan fingerprint density at radius 1 is 1.30 bits per heavy atom. The number of aromatic nitrogens is 4. The number of hydrogen-bond donors (Lipinski definition) is 0. The van der Waals surface area contributed by atoms with Gasteiger partial charge in [0.2, 0.25) is 0 Å². The quantitative estimate of drug-likeness (QED) is 0.805. The van der Waals surface area contributed by atoms with Crippen molar-refractivity contribution in [2.75, 3.05) is 6.61 Å². The third-order valence-corrected chi connectivity index (χ3v) is 2.32. The van der Waals surface area contributed by atoms with Crippen LogP contribution < -0.4 is 0 Å². The van der Waals surface area contributed by atoms with E-state index < -0.39 is 23.4 Å². The minimum atomic E-state index is -4.77. The van der Waals surface area contributed by atoms with Crippen molar-refractivity contribution in [2.45, 2.75) is 13.1 Å². The number of carbonyl (C=O) groups is 1. The van der Waals surface area contributed by atoms with E-state index in [0.29, 0.717) is 4.68 Å². The highest BCUT2D eigenvalue weighted by atomic mass is 19.4. The summed E-state index contributed by atoms with van der Waals surface area (Å²) in [4.78, 5) is 18.8. The minimum Gasteiger partial charge on any atom is -0.462 e. The molecule has 106 valence electrons. The Labute approximate surface area is 111 Å². The molecule has 0 aliphatic carbocycles. The molecule has 2 aromatic heterocycles. The molecule has 0 atom stereocenters. The highest BCUT2D eigenvalue weighted by molar-refractivity contribution is 5.90. The van der Waals surface area contributed by atoms with Crippen LogP contribution in [0.1, 0.15) is 23.0 Å². The van der Waals surface area contributed by atoms with Crippen molar-refractivity contribution in [3.05, 3.63) is 36.2 Å². The van der Waals surface area contributed by atoms with Gasteiger partial charge in [0.15, 0.2) is 5.69 Å². The Balaban J connectivity index is 2.57. The van der Waals surface area contributed by atoms with Crippen LogP contribution in [0, 0.1) is 0 Å². The van der Waals surface area contributed by atoms with E-state index in [1.807, 2.05) is 0 Å². The molecule has 6 nitrogen and oxygen atoms in total. The molecular weight excluding hydrogens is 277 g/mol. The fourth-order valence-corrected chi connectivity index (χ4v) is 1.58. The van der Waals surface area contributed by atoms with Crippen molar-refractivity contribution in [3.63, 3.8) is 0 Å². The molecule has 2 aromatic rings. The maximum atomic E-state index is 13.1. The molecular formula is C11H9F3N4O2. The maximum Gasteiger partial charge on any atom is 0.434 e. The first-order valence-corrected chi connectivity index (χ1v) is 5.53. The molecule has 0 radical (unpaired) electrons. The molecule has 0 unspecified atom stereocenters. The third kappa shape index (κ3) is 2.60. The van der Waals surface area contributed by atoms with Gasteiger partial charge in [-0.3, -0.25) is 0 Å². The molecule has 2 heterocycles. The number of esters is 1. The highest BCUT2D eigenvalue weighted by Gasteiger charge is 2.41. The fourth-order valence-electron chi connectivity index (χ4n) is 1.58. The van der Waals surface area contributed by atoms with Crippen molar-refractivity contribution in [1.82, 2.24) is 19.7 Å². The van der Waals surface area contributed by atoms with E-state index in [1.54, 1.807) is 0 Å². The smallest absolute Gasteiger partial charge is 0.434 e. The summed E-state index contributed by atoms with van der Waals surface area (Å²) in [6, 6.07) is 0. The van der Waals surface area contributed by atoms with Crippen LogP contribution in [-0.4, -0.2) is 32.3 Å². The third-order valence-electron chi connectivity index (χ3n) is 2.32. The maximum absolute atomic E-state index is 13.1. The van der Waals surface area contributed by atoms with E-state index in [4.69, 9.17) is 0 Å². The molecule has 0 fully saturated rings. The normalized spacial score (nSPS) is 11.4. The molecule has 0 aliphatic heterocycles. The van der Waals surface area contributed by atoms with Gasteiger partial charge in [0, 0.05) is 0 Å². The molecule has 0 aromatic carbocycles. The van der Waals surface area contributed by atoms with Gasteiger partial charge in [-0.15, -0.1) is 0 Å². The molecule has 2 rings (SSSR count). The van der Waals surface area contributed by atoms with Crippen LogP contribution in [0.3, 0.4) is 0 Å². The van der Waals surface area contributed by atoms with Crippen molar-refractivity contribution >= 4 is 5.97 Å². The van der Waals surface area contributed by atoms with Crippen molar-refractivity contribution in [3.8, 4) is 5.69 Å². The molecule has 0 saturated carbocycles. The Kier molecular flexibility index (Phi) is 3.68. The Morgan fingerprint density at radius 2 is 1.95 bits per heavy atom. The van der Waals surface area contributed by atoms with E-state index >= 15 is 0 Å². The van der Waals surface area contributed by atoms with Gasteiger partial charge >= 0.3 is 12.1 Å². The predicted octanol–water partition coefficient (Wildman–Crippen LogP) is 1.86. The first-order chi connectivity index (χ1) is 9.45. The van der Waals surface area contributed by atoms with Crippen molar-refractivity contribution in [2.24, 2.45) is 0 Å². The zero-order chi connectivity index (χ0) is 14.8. The standard InChI is InChI=1S/C11H9F3N4O2/c1-2-20-10(19)8-5-17-18(9(8)11(12,13)14)7-3-15-6-16-4-7/h3-6H,2H2,1H3. The fraction of sp³-hybridized carbons (Fsp3) is 0.273. The zero-order valence-electron chi connectivity index (χ0n) is 10.3. The lowest BCUT2D eigenvalue weighted by molar-refractivity contribution is -0.143. The summed E-state index contributed by atoms with van der Waals surface area (Å²) in [7, 11) is 0. The van der Waals surface area contributed by atoms with Gasteiger partial charge in [-0.25, -0.2) is 19.4 Å².